The van der Waals surface area contributed by atoms with Gasteiger partial charge in [-0.25, -0.2) is 9.37 Å². The smallest absolute Gasteiger partial charge is 0.123 e. The van der Waals surface area contributed by atoms with Gasteiger partial charge in [-0.1, -0.05) is 12.1 Å². The molecular weight excluding hydrogens is 277 g/mol. The van der Waals surface area contributed by atoms with Crippen LogP contribution < -0.4 is 0 Å². The highest BCUT2D eigenvalue weighted by atomic mass is 19.1. The molecule has 1 saturated heterocycles. The molecule has 0 amide bonds. The van der Waals surface area contributed by atoms with Crippen LogP contribution in [0.25, 0.3) is 0 Å². The fourth-order valence-corrected chi connectivity index (χ4v) is 3.34. The van der Waals surface area contributed by atoms with Crippen LogP contribution in [0.2, 0.25) is 0 Å². The van der Waals surface area contributed by atoms with Crippen molar-refractivity contribution < 1.29 is 4.39 Å². The van der Waals surface area contributed by atoms with Crippen molar-refractivity contribution in [2.75, 3.05) is 13.1 Å². The lowest BCUT2D eigenvalue weighted by Gasteiger charge is -2.32. The van der Waals surface area contributed by atoms with Gasteiger partial charge in [0.15, 0.2) is 0 Å². The Morgan fingerprint density at radius 1 is 1.36 bits per heavy atom. The van der Waals surface area contributed by atoms with Crippen LogP contribution in [-0.4, -0.2) is 27.5 Å². The number of halogens is 1. The SMILES string of the molecule is Cn1ccnc1CN1CCCC(CCc2cccc(F)c2)C1. The maximum absolute atomic E-state index is 13.2. The Bertz CT molecular complexity index is 608. The van der Waals surface area contributed by atoms with Gasteiger partial charge >= 0.3 is 0 Å². The summed E-state index contributed by atoms with van der Waals surface area (Å²) in [6, 6.07) is 7.00. The third-order valence-electron chi connectivity index (χ3n) is 4.62. The lowest BCUT2D eigenvalue weighted by molar-refractivity contribution is 0.157. The minimum absolute atomic E-state index is 0.127. The first-order valence-electron chi connectivity index (χ1n) is 8.14. The number of benzene rings is 1. The van der Waals surface area contributed by atoms with Gasteiger partial charge in [0.2, 0.25) is 0 Å². The molecule has 0 bridgehead atoms. The molecule has 3 nitrogen and oxygen atoms in total. The summed E-state index contributed by atoms with van der Waals surface area (Å²) < 4.78 is 15.3. The number of aryl methyl sites for hydroxylation is 2. The molecule has 1 aliphatic rings. The van der Waals surface area contributed by atoms with Crippen LogP contribution in [0.3, 0.4) is 0 Å². The van der Waals surface area contributed by atoms with Gasteiger partial charge in [0, 0.05) is 26.0 Å². The normalized spacial score (nSPS) is 19.5. The van der Waals surface area contributed by atoms with E-state index in [9.17, 15) is 4.39 Å². The molecule has 0 N–H and O–H groups in total. The molecule has 0 spiro atoms. The van der Waals surface area contributed by atoms with E-state index in [1.54, 1.807) is 12.1 Å². The van der Waals surface area contributed by atoms with E-state index < -0.39 is 0 Å². The van der Waals surface area contributed by atoms with Crippen molar-refractivity contribution in [3.05, 3.63) is 53.9 Å². The molecule has 4 heteroatoms. The number of imidazole rings is 1. The molecule has 1 aromatic heterocycles. The number of rotatable bonds is 5. The molecule has 2 heterocycles. The molecule has 22 heavy (non-hydrogen) atoms. The third kappa shape index (κ3) is 3.95. The number of hydrogen-bond acceptors (Lipinski definition) is 2. The summed E-state index contributed by atoms with van der Waals surface area (Å²) in [4.78, 5) is 6.92. The first kappa shape index (κ1) is 15.2. The first-order chi connectivity index (χ1) is 10.7. The van der Waals surface area contributed by atoms with E-state index in [4.69, 9.17) is 0 Å². The van der Waals surface area contributed by atoms with E-state index in [1.165, 1.54) is 18.9 Å². The minimum atomic E-state index is -0.127. The van der Waals surface area contributed by atoms with Gasteiger partial charge in [-0.3, -0.25) is 4.90 Å². The van der Waals surface area contributed by atoms with Crippen LogP contribution >= 0.6 is 0 Å². The largest absolute Gasteiger partial charge is 0.337 e. The van der Waals surface area contributed by atoms with Gasteiger partial charge < -0.3 is 4.57 Å². The van der Waals surface area contributed by atoms with E-state index in [0.29, 0.717) is 5.92 Å². The third-order valence-corrected chi connectivity index (χ3v) is 4.62. The van der Waals surface area contributed by atoms with Gasteiger partial charge in [0.25, 0.3) is 0 Å². The number of aromatic nitrogens is 2. The molecule has 1 unspecified atom stereocenters. The highest BCUT2D eigenvalue weighted by molar-refractivity contribution is 5.16. The second-order valence-corrected chi connectivity index (χ2v) is 6.37. The molecule has 1 atom stereocenters. The lowest BCUT2D eigenvalue weighted by atomic mass is 9.91. The predicted octanol–water partition coefficient (Wildman–Crippen LogP) is 3.40. The molecule has 1 fully saturated rings. The maximum atomic E-state index is 13.2. The summed E-state index contributed by atoms with van der Waals surface area (Å²) in [5.74, 6) is 1.71. The van der Waals surface area contributed by atoms with Crippen LogP contribution in [0.4, 0.5) is 4.39 Å². The van der Waals surface area contributed by atoms with Crippen molar-refractivity contribution in [3.63, 3.8) is 0 Å². The Labute approximate surface area is 131 Å². The van der Waals surface area contributed by atoms with Gasteiger partial charge in [0.1, 0.15) is 11.6 Å². The summed E-state index contributed by atoms with van der Waals surface area (Å²) in [5.41, 5.74) is 1.11. The predicted molar refractivity (Wildman–Crippen MR) is 85.9 cm³/mol. The summed E-state index contributed by atoms with van der Waals surface area (Å²) in [6.07, 6.45) is 8.51. The molecule has 1 aromatic carbocycles. The van der Waals surface area contributed by atoms with E-state index in [-0.39, 0.29) is 5.82 Å². The zero-order valence-electron chi connectivity index (χ0n) is 13.2. The Morgan fingerprint density at radius 3 is 3.05 bits per heavy atom. The quantitative estimate of drug-likeness (QED) is 0.844. The number of nitrogens with zero attached hydrogens (tertiary/aromatic N) is 3. The highest BCUT2D eigenvalue weighted by Crippen LogP contribution is 2.22. The fourth-order valence-electron chi connectivity index (χ4n) is 3.34. The van der Waals surface area contributed by atoms with E-state index in [1.807, 2.05) is 25.5 Å². The van der Waals surface area contributed by atoms with Crippen molar-refractivity contribution in [2.45, 2.75) is 32.2 Å². The molecule has 0 saturated carbocycles. The standard InChI is InChI=1S/C18H24FN3/c1-21-11-9-20-18(21)14-22-10-3-5-16(13-22)8-7-15-4-2-6-17(19)12-15/h2,4,6,9,11-12,16H,3,5,7-8,10,13-14H2,1H3. The summed E-state index contributed by atoms with van der Waals surface area (Å²) in [5, 5.41) is 0. The molecular formula is C18H24FN3. The summed E-state index contributed by atoms with van der Waals surface area (Å²) >= 11 is 0. The van der Waals surface area contributed by atoms with E-state index in [0.717, 1.165) is 43.9 Å². The maximum Gasteiger partial charge on any atom is 0.123 e. The molecule has 0 aliphatic carbocycles. The average molecular weight is 301 g/mol. The number of hydrogen-bond donors (Lipinski definition) is 0. The van der Waals surface area contributed by atoms with Crippen LogP contribution in [0.5, 0.6) is 0 Å². The van der Waals surface area contributed by atoms with Crippen molar-refractivity contribution in [3.8, 4) is 0 Å². The lowest BCUT2D eigenvalue weighted by Crippen LogP contribution is -2.35. The average Bonchev–Trinajstić information content (AvgIpc) is 2.91. The Balaban J connectivity index is 1.51. The van der Waals surface area contributed by atoms with Crippen LogP contribution in [0, 0.1) is 11.7 Å². The van der Waals surface area contributed by atoms with Crippen LogP contribution in [-0.2, 0) is 20.0 Å². The number of likely N-dealkylation sites (tertiary alicyclic amines) is 1. The van der Waals surface area contributed by atoms with E-state index in [2.05, 4.69) is 14.5 Å². The van der Waals surface area contributed by atoms with Crippen molar-refractivity contribution >= 4 is 0 Å². The molecule has 3 rings (SSSR count). The molecule has 2 aromatic rings. The Morgan fingerprint density at radius 2 is 2.27 bits per heavy atom. The Hall–Kier alpha value is -1.68. The second-order valence-electron chi connectivity index (χ2n) is 6.37. The minimum Gasteiger partial charge on any atom is -0.337 e. The van der Waals surface area contributed by atoms with Gasteiger partial charge in [-0.05, 0) is 55.8 Å². The van der Waals surface area contributed by atoms with Crippen molar-refractivity contribution in [2.24, 2.45) is 13.0 Å². The second kappa shape index (κ2) is 7.05. The van der Waals surface area contributed by atoms with Gasteiger partial charge in [-0.2, -0.15) is 0 Å². The summed E-state index contributed by atoms with van der Waals surface area (Å²) in [7, 11) is 2.05. The highest BCUT2D eigenvalue weighted by Gasteiger charge is 2.20. The molecule has 1 aliphatic heterocycles. The molecule has 0 radical (unpaired) electrons. The monoisotopic (exact) mass is 301 g/mol. The first-order valence-corrected chi connectivity index (χ1v) is 8.14. The van der Waals surface area contributed by atoms with Gasteiger partial charge in [-0.15, -0.1) is 0 Å². The fraction of sp³-hybridized carbons (Fsp3) is 0.500. The summed E-state index contributed by atoms with van der Waals surface area (Å²) in [6.45, 7) is 3.21. The van der Waals surface area contributed by atoms with Gasteiger partial charge in [0.05, 0.1) is 6.54 Å². The molecule has 118 valence electrons. The number of piperidine rings is 1. The van der Waals surface area contributed by atoms with Crippen LogP contribution in [0.15, 0.2) is 36.7 Å². The topological polar surface area (TPSA) is 21.1 Å². The van der Waals surface area contributed by atoms with Crippen LogP contribution in [0.1, 0.15) is 30.7 Å². The van der Waals surface area contributed by atoms with Crippen molar-refractivity contribution in [1.82, 2.24) is 14.5 Å². The zero-order valence-corrected chi connectivity index (χ0v) is 13.2. The zero-order chi connectivity index (χ0) is 15.4. The van der Waals surface area contributed by atoms with Crippen molar-refractivity contribution in [1.29, 1.82) is 0 Å². The van der Waals surface area contributed by atoms with E-state index >= 15 is 0 Å². The Kier molecular flexibility index (Phi) is 4.88.